The molecule has 0 fully saturated rings. The third-order valence-electron chi connectivity index (χ3n) is 3.67. The molecule has 0 aliphatic carbocycles. The number of ether oxygens (including phenoxy) is 2. The second kappa shape index (κ2) is 8.87. The molecule has 1 aromatic carbocycles. The SMILES string of the molecule is COc1ccc(C(CN)N(C)CCCN(C)C)c(OC)c1. The van der Waals surface area contributed by atoms with E-state index in [0.717, 1.165) is 36.6 Å². The zero-order valence-electron chi connectivity index (χ0n) is 13.9. The van der Waals surface area contributed by atoms with E-state index in [1.54, 1.807) is 14.2 Å². The van der Waals surface area contributed by atoms with Crippen molar-refractivity contribution < 1.29 is 9.47 Å². The number of nitrogens with two attached hydrogens (primary N) is 1. The Hall–Kier alpha value is -1.30. The van der Waals surface area contributed by atoms with Crippen LogP contribution >= 0.6 is 0 Å². The monoisotopic (exact) mass is 295 g/mol. The van der Waals surface area contributed by atoms with Crippen molar-refractivity contribution >= 4 is 0 Å². The highest BCUT2D eigenvalue weighted by atomic mass is 16.5. The summed E-state index contributed by atoms with van der Waals surface area (Å²) in [6, 6.07) is 6.05. The highest BCUT2D eigenvalue weighted by Gasteiger charge is 2.19. The highest BCUT2D eigenvalue weighted by molar-refractivity contribution is 5.42. The Labute approximate surface area is 128 Å². The van der Waals surface area contributed by atoms with Gasteiger partial charge in [-0.1, -0.05) is 6.07 Å². The maximum absolute atomic E-state index is 5.99. The Morgan fingerprint density at radius 2 is 1.81 bits per heavy atom. The van der Waals surface area contributed by atoms with Crippen LogP contribution in [-0.4, -0.2) is 64.8 Å². The van der Waals surface area contributed by atoms with Gasteiger partial charge in [-0.3, -0.25) is 4.90 Å². The maximum atomic E-state index is 5.99. The second-order valence-corrected chi connectivity index (χ2v) is 5.50. The highest BCUT2D eigenvalue weighted by Crippen LogP contribution is 2.31. The zero-order valence-corrected chi connectivity index (χ0v) is 13.9. The van der Waals surface area contributed by atoms with E-state index >= 15 is 0 Å². The van der Waals surface area contributed by atoms with Crippen LogP contribution in [0.15, 0.2) is 18.2 Å². The van der Waals surface area contributed by atoms with Gasteiger partial charge < -0.3 is 20.1 Å². The van der Waals surface area contributed by atoms with Crippen molar-refractivity contribution in [3.8, 4) is 11.5 Å². The van der Waals surface area contributed by atoms with E-state index in [1.807, 2.05) is 18.2 Å². The molecule has 0 heterocycles. The fourth-order valence-corrected chi connectivity index (χ4v) is 2.43. The summed E-state index contributed by atoms with van der Waals surface area (Å²) in [5.74, 6) is 1.62. The van der Waals surface area contributed by atoms with Crippen molar-refractivity contribution in [1.29, 1.82) is 0 Å². The minimum Gasteiger partial charge on any atom is -0.497 e. The van der Waals surface area contributed by atoms with Gasteiger partial charge in [-0.15, -0.1) is 0 Å². The fourth-order valence-electron chi connectivity index (χ4n) is 2.43. The number of benzene rings is 1. The number of hydrogen-bond donors (Lipinski definition) is 1. The van der Waals surface area contributed by atoms with Crippen molar-refractivity contribution in [2.24, 2.45) is 5.73 Å². The molecule has 0 aliphatic rings. The van der Waals surface area contributed by atoms with E-state index in [1.165, 1.54) is 0 Å². The average Bonchev–Trinajstić information content (AvgIpc) is 2.47. The van der Waals surface area contributed by atoms with Crippen LogP contribution < -0.4 is 15.2 Å². The second-order valence-electron chi connectivity index (χ2n) is 5.50. The van der Waals surface area contributed by atoms with Crippen LogP contribution in [0, 0.1) is 0 Å². The van der Waals surface area contributed by atoms with Crippen LogP contribution in [0.25, 0.3) is 0 Å². The van der Waals surface area contributed by atoms with Gasteiger partial charge in [-0.2, -0.15) is 0 Å². The topological polar surface area (TPSA) is 51.0 Å². The van der Waals surface area contributed by atoms with Gasteiger partial charge in [0.15, 0.2) is 0 Å². The molecular weight excluding hydrogens is 266 g/mol. The first kappa shape index (κ1) is 17.8. The molecule has 0 radical (unpaired) electrons. The number of hydrogen-bond acceptors (Lipinski definition) is 5. The lowest BCUT2D eigenvalue weighted by atomic mass is 10.0. The molecule has 0 aromatic heterocycles. The average molecular weight is 295 g/mol. The predicted molar refractivity (Wildman–Crippen MR) is 87.1 cm³/mol. The molecule has 1 unspecified atom stereocenters. The summed E-state index contributed by atoms with van der Waals surface area (Å²) in [4.78, 5) is 4.48. The lowest BCUT2D eigenvalue weighted by Gasteiger charge is -2.29. The Morgan fingerprint density at radius 1 is 1.10 bits per heavy atom. The van der Waals surface area contributed by atoms with E-state index in [4.69, 9.17) is 15.2 Å². The molecule has 120 valence electrons. The van der Waals surface area contributed by atoms with E-state index < -0.39 is 0 Å². The van der Waals surface area contributed by atoms with E-state index in [-0.39, 0.29) is 6.04 Å². The third-order valence-corrected chi connectivity index (χ3v) is 3.67. The first-order chi connectivity index (χ1) is 10.0. The zero-order chi connectivity index (χ0) is 15.8. The largest absolute Gasteiger partial charge is 0.497 e. The maximum Gasteiger partial charge on any atom is 0.127 e. The molecule has 2 N–H and O–H groups in total. The van der Waals surface area contributed by atoms with Gasteiger partial charge in [0.1, 0.15) is 11.5 Å². The fraction of sp³-hybridized carbons (Fsp3) is 0.625. The number of rotatable bonds is 9. The molecule has 0 saturated heterocycles. The van der Waals surface area contributed by atoms with Crippen LogP contribution in [-0.2, 0) is 0 Å². The van der Waals surface area contributed by atoms with Gasteiger partial charge in [0, 0.05) is 18.2 Å². The third kappa shape index (κ3) is 5.19. The molecule has 5 nitrogen and oxygen atoms in total. The van der Waals surface area contributed by atoms with E-state index in [9.17, 15) is 0 Å². The summed E-state index contributed by atoms with van der Waals surface area (Å²) >= 11 is 0. The van der Waals surface area contributed by atoms with Gasteiger partial charge in [-0.05, 0) is 46.7 Å². The molecular formula is C16H29N3O2. The smallest absolute Gasteiger partial charge is 0.127 e. The Bertz CT molecular complexity index is 424. The molecule has 0 amide bonds. The summed E-state index contributed by atoms with van der Waals surface area (Å²) in [6.07, 6.45) is 1.11. The van der Waals surface area contributed by atoms with Gasteiger partial charge in [-0.25, -0.2) is 0 Å². The summed E-state index contributed by atoms with van der Waals surface area (Å²) in [6.45, 7) is 2.62. The lowest BCUT2D eigenvalue weighted by molar-refractivity contribution is 0.230. The molecule has 0 bridgehead atoms. The first-order valence-corrected chi connectivity index (χ1v) is 7.30. The Kier molecular flexibility index (Phi) is 7.50. The van der Waals surface area contributed by atoms with Crippen molar-refractivity contribution in [1.82, 2.24) is 9.80 Å². The Balaban J connectivity index is 2.83. The number of methoxy groups -OCH3 is 2. The molecule has 0 aliphatic heterocycles. The molecule has 0 spiro atoms. The summed E-state index contributed by atoms with van der Waals surface area (Å²) in [5, 5.41) is 0. The lowest BCUT2D eigenvalue weighted by Crippen LogP contribution is -2.32. The van der Waals surface area contributed by atoms with Crippen molar-refractivity contribution in [3.63, 3.8) is 0 Å². The van der Waals surface area contributed by atoms with Gasteiger partial charge in [0.25, 0.3) is 0 Å². The standard InChI is InChI=1S/C16H29N3O2/c1-18(2)9-6-10-19(3)15(12-17)14-8-7-13(20-4)11-16(14)21-5/h7-8,11,15H,6,9-10,12,17H2,1-5H3. The number of nitrogens with zero attached hydrogens (tertiary/aromatic N) is 2. The van der Waals surface area contributed by atoms with Crippen molar-refractivity contribution in [2.75, 3.05) is 55.0 Å². The van der Waals surface area contributed by atoms with Crippen LogP contribution in [0.3, 0.4) is 0 Å². The van der Waals surface area contributed by atoms with Crippen LogP contribution in [0.1, 0.15) is 18.0 Å². The normalized spacial score (nSPS) is 12.8. The molecule has 1 aromatic rings. The molecule has 5 heteroatoms. The first-order valence-electron chi connectivity index (χ1n) is 7.30. The van der Waals surface area contributed by atoms with Gasteiger partial charge >= 0.3 is 0 Å². The summed E-state index contributed by atoms with van der Waals surface area (Å²) in [7, 11) is 9.62. The van der Waals surface area contributed by atoms with E-state index in [2.05, 4.69) is 30.9 Å². The van der Waals surface area contributed by atoms with Gasteiger partial charge in [0.05, 0.1) is 20.3 Å². The summed E-state index contributed by atoms with van der Waals surface area (Å²) in [5.41, 5.74) is 7.10. The van der Waals surface area contributed by atoms with E-state index in [0.29, 0.717) is 6.54 Å². The Morgan fingerprint density at radius 3 is 2.33 bits per heavy atom. The molecule has 1 rings (SSSR count). The predicted octanol–water partition coefficient (Wildman–Crippen LogP) is 1.59. The van der Waals surface area contributed by atoms with Crippen LogP contribution in [0.2, 0.25) is 0 Å². The van der Waals surface area contributed by atoms with Gasteiger partial charge in [0.2, 0.25) is 0 Å². The quantitative estimate of drug-likeness (QED) is 0.750. The minimum atomic E-state index is 0.146. The molecule has 1 atom stereocenters. The molecule has 21 heavy (non-hydrogen) atoms. The molecule has 0 saturated carbocycles. The van der Waals surface area contributed by atoms with Crippen LogP contribution in [0.4, 0.5) is 0 Å². The summed E-state index contributed by atoms with van der Waals surface area (Å²) < 4.78 is 10.7. The number of likely N-dealkylation sites (N-methyl/N-ethyl adjacent to an activating group) is 1. The van der Waals surface area contributed by atoms with Crippen molar-refractivity contribution in [3.05, 3.63) is 23.8 Å². The van der Waals surface area contributed by atoms with Crippen molar-refractivity contribution in [2.45, 2.75) is 12.5 Å². The van der Waals surface area contributed by atoms with Crippen LogP contribution in [0.5, 0.6) is 11.5 Å². The minimum absolute atomic E-state index is 0.146.